The number of hydrogen-bond donors (Lipinski definition) is 3. The molecule has 30 heavy (non-hydrogen) atoms. The van der Waals surface area contributed by atoms with Crippen LogP contribution in [0.5, 0.6) is 5.75 Å². The van der Waals surface area contributed by atoms with E-state index in [9.17, 15) is 15.3 Å². The Kier molecular flexibility index (Phi) is 7.74. The molecule has 0 radical (unpaired) electrons. The highest BCUT2D eigenvalue weighted by Gasteiger charge is 2.45. The fourth-order valence-corrected chi connectivity index (χ4v) is 3.69. The summed E-state index contributed by atoms with van der Waals surface area (Å²) in [4.78, 5) is 0. The van der Waals surface area contributed by atoms with Crippen LogP contribution in [0.15, 0.2) is 42.5 Å². The highest BCUT2D eigenvalue weighted by molar-refractivity contribution is 6.31. The Balaban J connectivity index is 1.82. The van der Waals surface area contributed by atoms with Crippen LogP contribution in [0, 0.1) is 0 Å². The molecule has 0 saturated carbocycles. The van der Waals surface area contributed by atoms with Gasteiger partial charge >= 0.3 is 0 Å². The molecule has 0 aliphatic carbocycles. The van der Waals surface area contributed by atoms with Crippen LogP contribution in [0.3, 0.4) is 0 Å². The van der Waals surface area contributed by atoms with E-state index < -0.39 is 30.7 Å². The zero-order chi connectivity index (χ0) is 21.8. The van der Waals surface area contributed by atoms with Crippen molar-refractivity contribution in [3.8, 4) is 5.75 Å². The smallest absolute Gasteiger partial charge is 0.187 e. The molecule has 1 heterocycles. The first kappa shape index (κ1) is 23.0. The first-order chi connectivity index (χ1) is 14.3. The number of hydrogen-bond acceptors (Lipinski definition) is 6. The van der Waals surface area contributed by atoms with Crippen LogP contribution in [0.2, 0.25) is 5.02 Å². The maximum Gasteiger partial charge on any atom is 0.187 e. The summed E-state index contributed by atoms with van der Waals surface area (Å²) in [6.45, 7) is 6.16. The van der Waals surface area contributed by atoms with E-state index in [0.717, 1.165) is 16.9 Å². The zero-order valence-electron chi connectivity index (χ0n) is 17.4. The van der Waals surface area contributed by atoms with Crippen molar-refractivity contribution in [1.29, 1.82) is 0 Å². The molecule has 6 nitrogen and oxygen atoms in total. The number of aliphatic hydroxyl groups excluding tert-OH is 3. The molecule has 1 saturated heterocycles. The second kappa shape index (κ2) is 10.1. The van der Waals surface area contributed by atoms with Crippen molar-refractivity contribution in [3.05, 3.63) is 64.2 Å². The maximum atomic E-state index is 10.5. The van der Waals surface area contributed by atoms with E-state index in [4.69, 9.17) is 25.8 Å². The van der Waals surface area contributed by atoms with Gasteiger partial charge in [0, 0.05) is 5.02 Å². The Morgan fingerprint density at radius 2 is 1.70 bits per heavy atom. The molecule has 0 spiro atoms. The standard InChI is InChI=1S/C23H29ClO6/c1-4-28-17-8-5-14(6-9-17)11-16-12-15(7-10-18(16)24)22-20(26)19(25)21(27)23(30-22)29-13(2)3/h5-10,12-13,19-23,25-27H,4,11H2,1-3H3/t19-,20-,21+,22+,23-/m1/s1. The lowest BCUT2D eigenvalue weighted by atomic mass is 9.92. The predicted molar refractivity (Wildman–Crippen MR) is 114 cm³/mol. The number of aliphatic hydroxyl groups is 3. The largest absolute Gasteiger partial charge is 0.494 e. The maximum absolute atomic E-state index is 10.5. The van der Waals surface area contributed by atoms with Gasteiger partial charge in [-0.2, -0.15) is 0 Å². The Hall–Kier alpha value is -1.67. The first-order valence-electron chi connectivity index (χ1n) is 10.1. The SMILES string of the molecule is CCOc1ccc(Cc2cc([C@@H]3O[C@@H](OC(C)C)[C@@H](O)[C@H](O)[C@H]3O)ccc2Cl)cc1. The summed E-state index contributed by atoms with van der Waals surface area (Å²) >= 11 is 6.41. The monoisotopic (exact) mass is 436 g/mol. The van der Waals surface area contributed by atoms with Crippen molar-refractivity contribution >= 4 is 11.6 Å². The van der Waals surface area contributed by atoms with Crippen LogP contribution in [0.25, 0.3) is 0 Å². The van der Waals surface area contributed by atoms with Gasteiger partial charge in [-0.25, -0.2) is 0 Å². The normalized spacial score (nSPS) is 26.7. The lowest BCUT2D eigenvalue weighted by Crippen LogP contribution is -2.55. The van der Waals surface area contributed by atoms with Gasteiger partial charge in [-0.1, -0.05) is 35.9 Å². The molecule has 7 heteroatoms. The summed E-state index contributed by atoms with van der Waals surface area (Å²) in [5.41, 5.74) is 2.56. The highest BCUT2D eigenvalue weighted by atomic mass is 35.5. The van der Waals surface area contributed by atoms with Crippen molar-refractivity contribution < 1.29 is 29.5 Å². The van der Waals surface area contributed by atoms with Crippen LogP contribution in [0.4, 0.5) is 0 Å². The van der Waals surface area contributed by atoms with Gasteiger partial charge < -0.3 is 29.5 Å². The molecule has 1 fully saturated rings. The lowest BCUT2D eigenvalue weighted by Gasteiger charge is -2.41. The van der Waals surface area contributed by atoms with E-state index in [0.29, 0.717) is 23.6 Å². The van der Waals surface area contributed by atoms with Crippen LogP contribution in [-0.2, 0) is 15.9 Å². The Morgan fingerprint density at radius 1 is 1.00 bits per heavy atom. The van der Waals surface area contributed by atoms with Gasteiger partial charge in [0.15, 0.2) is 6.29 Å². The second-order valence-corrected chi connectivity index (χ2v) is 8.09. The van der Waals surface area contributed by atoms with Gasteiger partial charge in [-0.3, -0.25) is 0 Å². The van der Waals surface area contributed by atoms with Crippen LogP contribution in [0.1, 0.15) is 43.6 Å². The predicted octanol–water partition coefficient (Wildman–Crippen LogP) is 3.23. The Bertz CT molecular complexity index is 825. The topological polar surface area (TPSA) is 88.4 Å². The van der Waals surface area contributed by atoms with Crippen LogP contribution < -0.4 is 4.74 Å². The molecule has 5 atom stereocenters. The minimum atomic E-state index is -1.39. The highest BCUT2D eigenvalue weighted by Crippen LogP contribution is 2.35. The number of rotatable bonds is 7. The minimum absolute atomic E-state index is 0.215. The fourth-order valence-electron chi connectivity index (χ4n) is 3.50. The van der Waals surface area contributed by atoms with Crippen LogP contribution in [-0.4, -0.2) is 52.6 Å². The van der Waals surface area contributed by atoms with Gasteiger partial charge in [0.1, 0.15) is 30.2 Å². The molecule has 164 valence electrons. The van der Waals surface area contributed by atoms with Gasteiger partial charge in [-0.05, 0) is 62.1 Å². The van der Waals surface area contributed by atoms with E-state index in [1.54, 1.807) is 26.0 Å². The number of benzene rings is 2. The molecule has 3 rings (SSSR count). The number of ether oxygens (including phenoxy) is 3. The fraction of sp³-hybridized carbons (Fsp3) is 0.478. The lowest BCUT2D eigenvalue weighted by molar-refractivity contribution is -0.307. The molecule has 3 N–H and O–H groups in total. The summed E-state index contributed by atoms with van der Waals surface area (Å²) < 4.78 is 16.9. The van der Waals surface area contributed by atoms with Crippen molar-refractivity contribution in [2.24, 2.45) is 0 Å². The summed E-state index contributed by atoms with van der Waals surface area (Å²) in [7, 11) is 0. The Labute approximate surface area is 182 Å². The molecular weight excluding hydrogens is 408 g/mol. The van der Waals surface area contributed by atoms with E-state index in [2.05, 4.69) is 0 Å². The molecule has 0 unspecified atom stereocenters. The van der Waals surface area contributed by atoms with Crippen molar-refractivity contribution in [1.82, 2.24) is 0 Å². The van der Waals surface area contributed by atoms with Crippen molar-refractivity contribution in [2.75, 3.05) is 6.61 Å². The number of halogens is 1. The zero-order valence-corrected chi connectivity index (χ0v) is 18.1. The van der Waals surface area contributed by atoms with E-state index >= 15 is 0 Å². The quantitative estimate of drug-likeness (QED) is 0.617. The average molecular weight is 437 g/mol. The molecule has 2 aromatic rings. The first-order valence-corrected chi connectivity index (χ1v) is 10.5. The van der Waals surface area contributed by atoms with Gasteiger partial charge in [-0.15, -0.1) is 0 Å². The molecular formula is C23H29ClO6. The van der Waals surface area contributed by atoms with Crippen molar-refractivity contribution in [3.63, 3.8) is 0 Å². The summed E-state index contributed by atoms with van der Waals surface area (Å²) in [6, 6.07) is 13.1. The van der Waals surface area contributed by atoms with Crippen molar-refractivity contribution in [2.45, 2.75) is 64.0 Å². The third-order valence-corrected chi connectivity index (χ3v) is 5.37. The minimum Gasteiger partial charge on any atom is -0.494 e. The van der Waals surface area contributed by atoms with Gasteiger partial charge in [0.05, 0.1) is 12.7 Å². The summed E-state index contributed by atoms with van der Waals surface area (Å²) in [5, 5.41) is 31.6. The van der Waals surface area contributed by atoms with Crippen LogP contribution >= 0.6 is 11.6 Å². The molecule has 0 bridgehead atoms. The molecule has 1 aliphatic heterocycles. The summed E-state index contributed by atoms with van der Waals surface area (Å²) in [6.07, 6.45) is -5.56. The van der Waals surface area contributed by atoms with E-state index in [-0.39, 0.29) is 6.10 Å². The van der Waals surface area contributed by atoms with Gasteiger partial charge in [0.25, 0.3) is 0 Å². The van der Waals surface area contributed by atoms with E-state index in [1.807, 2.05) is 37.3 Å². The summed E-state index contributed by atoms with van der Waals surface area (Å²) in [5.74, 6) is 0.809. The third-order valence-electron chi connectivity index (χ3n) is 5.00. The third kappa shape index (κ3) is 5.32. The molecule has 2 aromatic carbocycles. The molecule has 1 aliphatic rings. The molecule has 0 amide bonds. The average Bonchev–Trinajstić information content (AvgIpc) is 2.71. The Morgan fingerprint density at radius 3 is 2.33 bits per heavy atom. The second-order valence-electron chi connectivity index (χ2n) is 7.69. The van der Waals surface area contributed by atoms with E-state index in [1.165, 1.54) is 0 Å². The molecule has 0 aromatic heterocycles. The van der Waals surface area contributed by atoms with Gasteiger partial charge in [0.2, 0.25) is 0 Å².